The van der Waals surface area contributed by atoms with E-state index < -0.39 is 0 Å². The maximum absolute atomic E-state index is 10.9. The third-order valence-electron chi connectivity index (χ3n) is 5.49. The van der Waals surface area contributed by atoms with Crippen LogP contribution in [0.5, 0.6) is 0 Å². The predicted molar refractivity (Wildman–Crippen MR) is 82.9 cm³/mol. The lowest BCUT2D eigenvalue weighted by atomic mass is 9.66. The van der Waals surface area contributed by atoms with Crippen LogP contribution in [0.4, 0.5) is 0 Å². The monoisotopic (exact) mass is 282 g/mol. The normalized spacial score (nSPS) is 30.0. The highest BCUT2D eigenvalue weighted by molar-refractivity contribution is 5.69. The van der Waals surface area contributed by atoms with Gasteiger partial charge in [0.05, 0.1) is 30.4 Å². The Morgan fingerprint density at radius 2 is 2.10 bits per heavy atom. The van der Waals surface area contributed by atoms with E-state index in [1.54, 1.807) is 0 Å². The Balaban J connectivity index is 1.82. The lowest BCUT2D eigenvalue weighted by Gasteiger charge is -2.43. The summed E-state index contributed by atoms with van der Waals surface area (Å²) in [5.74, 6) is 0.269. The van der Waals surface area contributed by atoms with Gasteiger partial charge in [0.1, 0.15) is 0 Å². The number of aromatic nitrogens is 2. The van der Waals surface area contributed by atoms with E-state index in [-0.39, 0.29) is 23.5 Å². The number of nitrogens with zero attached hydrogens (tertiary/aromatic N) is 2. The van der Waals surface area contributed by atoms with Crippen molar-refractivity contribution in [2.24, 2.45) is 11.3 Å². The van der Waals surface area contributed by atoms with Crippen LogP contribution in [-0.2, 0) is 0 Å². The van der Waals surface area contributed by atoms with E-state index in [9.17, 15) is 5.11 Å². The van der Waals surface area contributed by atoms with Gasteiger partial charge in [0.25, 0.3) is 0 Å². The van der Waals surface area contributed by atoms with Gasteiger partial charge < -0.3 is 9.67 Å². The molecule has 3 nitrogen and oxygen atoms in total. The molecule has 0 spiro atoms. The Hall–Kier alpha value is -1.61. The zero-order chi connectivity index (χ0) is 14.6. The molecule has 0 radical (unpaired) electrons. The molecule has 1 aromatic carbocycles. The highest BCUT2D eigenvalue weighted by Gasteiger charge is 2.45. The van der Waals surface area contributed by atoms with Crippen molar-refractivity contribution in [3.05, 3.63) is 42.4 Å². The fraction of sp³-hybridized carbons (Fsp3) is 0.500. The van der Waals surface area contributed by atoms with Crippen molar-refractivity contribution in [1.82, 2.24) is 9.55 Å². The molecule has 2 heterocycles. The maximum atomic E-state index is 10.9. The van der Waals surface area contributed by atoms with Gasteiger partial charge in [-0.2, -0.15) is 0 Å². The minimum Gasteiger partial charge on any atom is -0.392 e. The van der Waals surface area contributed by atoms with Gasteiger partial charge in [-0.25, -0.2) is 4.98 Å². The molecule has 2 aromatic rings. The summed E-state index contributed by atoms with van der Waals surface area (Å²) in [6.45, 7) is 4.39. The summed E-state index contributed by atoms with van der Waals surface area (Å²) in [4.78, 5) is 4.33. The van der Waals surface area contributed by atoms with Crippen LogP contribution in [0.25, 0.3) is 11.3 Å². The summed E-state index contributed by atoms with van der Waals surface area (Å²) in [5, 5.41) is 10.9. The average molecular weight is 282 g/mol. The quantitative estimate of drug-likeness (QED) is 0.867. The second-order valence-electron chi connectivity index (χ2n) is 7.21. The molecule has 1 aliphatic carbocycles. The average Bonchev–Trinajstić information content (AvgIpc) is 3.03. The van der Waals surface area contributed by atoms with E-state index in [4.69, 9.17) is 0 Å². The van der Waals surface area contributed by atoms with Gasteiger partial charge in [-0.3, -0.25) is 0 Å². The standard InChI is InChI=1S/C18H22N2O/c1-18(2)9-5-8-14(17(18)21)16-13-7-4-3-6-12(13)15-10-19-11-20(15)16/h3-4,6-7,10-11,14,16-17,21H,5,8-9H2,1-2H3/t14-,16?,17-/m1/s1. The molecule has 2 aliphatic rings. The number of aliphatic hydroxyl groups excluding tert-OH is 1. The Bertz CT molecular complexity index is 673. The number of hydrogen-bond acceptors (Lipinski definition) is 2. The van der Waals surface area contributed by atoms with Crippen molar-refractivity contribution >= 4 is 0 Å². The van der Waals surface area contributed by atoms with Crippen LogP contribution >= 0.6 is 0 Å². The molecule has 3 heteroatoms. The Labute approximate surface area is 125 Å². The molecule has 0 amide bonds. The summed E-state index contributed by atoms with van der Waals surface area (Å²) in [6.07, 6.45) is 6.99. The van der Waals surface area contributed by atoms with Crippen molar-refractivity contribution in [2.75, 3.05) is 0 Å². The van der Waals surface area contributed by atoms with Crippen molar-refractivity contribution in [1.29, 1.82) is 0 Å². The molecule has 110 valence electrons. The molecule has 1 fully saturated rings. The van der Waals surface area contributed by atoms with Crippen LogP contribution in [0, 0.1) is 11.3 Å². The van der Waals surface area contributed by atoms with E-state index >= 15 is 0 Å². The fourth-order valence-electron chi connectivity index (χ4n) is 4.32. The van der Waals surface area contributed by atoms with Gasteiger partial charge in [0, 0.05) is 11.5 Å². The first-order chi connectivity index (χ1) is 10.1. The van der Waals surface area contributed by atoms with E-state index in [1.807, 2.05) is 12.5 Å². The van der Waals surface area contributed by atoms with E-state index in [0.29, 0.717) is 0 Å². The first kappa shape index (κ1) is 13.1. The second-order valence-corrected chi connectivity index (χ2v) is 7.21. The molecule has 1 saturated carbocycles. The zero-order valence-electron chi connectivity index (χ0n) is 12.7. The third kappa shape index (κ3) is 1.80. The topological polar surface area (TPSA) is 38.0 Å². The van der Waals surface area contributed by atoms with Crippen molar-refractivity contribution < 1.29 is 5.11 Å². The SMILES string of the molecule is CC1(C)CCC[C@H](C2c3ccccc3-c3cncn32)[C@H]1O. The van der Waals surface area contributed by atoms with Crippen LogP contribution in [0.3, 0.4) is 0 Å². The molecule has 21 heavy (non-hydrogen) atoms. The first-order valence-corrected chi connectivity index (χ1v) is 7.89. The van der Waals surface area contributed by atoms with Crippen molar-refractivity contribution in [3.63, 3.8) is 0 Å². The van der Waals surface area contributed by atoms with Crippen molar-refractivity contribution in [2.45, 2.75) is 45.3 Å². The molecule has 0 bridgehead atoms. The van der Waals surface area contributed by atoms with E-state index in [2.05, 4.69) is 47.7 Å². The van der Waals surface area contributed by atoms with Gasteiger partial charge in [-0.15, -0.1) is 0 Å². The highest BCUT2D eigenvalue weighted by atomic mass is 16.3. The van der Waals surface area contributed by atoms with Gasteiger partial charge in [-0.05, 0) is 23.8 Å². The molecule has 1 unspecified atom stereocenters. The summed E-state index contributed by atoms with van der Waals surface area (Å²) >= 11 is 0. The minimum atomic E-state index is -0.266. The molecular formula is C18H22N2O. The molecule has 1 N–H and O–H groups in total. The molecular weight excluding hydrogens is 260 g/mol. The number of aliphatic hydroxyl groups is 1. The lowest BCUT2D eigenvalue weighted by Crippen LogP contribution is -2.43. The predicted octanol–water partition coefficient (Wildman–Crippen LogP) is 3.64. The van der Waals surface area contributed by atoms with Crippen LogP contribution < -0.4 is 0 Å². The zero-order valence-corrected chi connectivity index (χ0v) is 12.7. The fourth-order valence-corrected chi connectivity index (χ4v) is 4.32. The number of imidazole rings is 1. The van der Waals surface area contributed by atoms with Crippen LogP contribution in [0.15, 0.2) is 36.8 Å². The van der Waals surface area contributed by atoms with E-state index in [0.717, 1.165) is 12.8 Å². The molecule has 1 aromatic heterocycles. The Morgan fingerprint density at radius 3 is 2.95 bits per heavy atom. The Morgan fingerprint density at radius 1 is 1.29 bits per heavy atom. The second kappa shape index (κ2) is 4.44. The molecule has 3 atom stereocenters. The molecule has 0 saturated heterocycles. The third-order valence-corrected chi connectivity index (χ3v) is 5.49. The Kier molecular flexibility index (Phi) is 2.77. The summed E-state index contributed by atoms with van der Waals surface area (Å²) in [7, 11) is 0. The van der Waals surface area contributed by atoms with Gasteiger partial charge in [0.2, 0.25) is 0 Å². The number of hydrogen-bond donors (Lipinski definition) is 1. The summed E-state index contributed by atoms with van der Waals surface area (Å²) < 4.78 is 2.26. The molecule has 1 aliphatic heterocycles. The van der Waals surface area contributed by atoms with Gasteiger partial charge in [-0.1, -0.05) is 44.5 Å². The van der Waals surface area contributed by atoms with Gasteiger partial charge >= 0.3 is 0 Å². The number of rotatable bonds is 1. The van der Waals surface area contributed by atoms with Crippen LogP contribution in [0.2, 0.25) is 0 Å². The minimum absolute atomic E-state index is 0.00119. The summed E-state index contributed by atoms with van der Waals surface area (Å²) in [6, 6.07) is 8.80. The van der Waals surface area contributed by atoms with Crippen molar-refractivity contribution in [3.8, 4) is 11.3 Å². The lowest BCUT2D eigenvalue weighted by molar-refractivity contribution is -0.0443. The van der Waals surface area contributed by atoms with E-state index in [1.165, 1.54) is 23.2 Å². The smallest absolute Gasteiger partial charge is 0.0956 e. The highest BCUT2D eigenvalue weighted by Crippen LogP contribution is 2.50. The number of fused-ring (bicyclic) bond motifs is 3. The summed E-state index contributed by atoms with van der Waals surface area (Å²) in [5.41, 5.74) is 3.81. The van der Waals surface area contributed by atoms with Crippen LogP contribution in [0.1, 0.15) is 44.7 Å². The first-order valence-electron chi connectivity index (χ1n) is 7.89. The van der Waals surface area contributed by atoms with Gasteiger partial charge in [0.15, 0.2) is 0 Å². The van der Waals surface area contributed by atoms with Crippen LogP contribution in [-0.4, -0.2) is 20.8 Å². The molecule has 4 rings (SSSR count). The largest absolute Gasteiger partial charge is 0.392 e. The maximum Gasteiger partial charge on any atom is 0.0956 e. The number of benzene rings is 1.